The van der Waals surface area contributed by atoms with Crippen LogP contribution in [0.4, 0.5) is 17.6 Å². The van der Waals surface area contributed by atoms with Crippen molar-refractivity contribution in [2.45, 2.75) is 12.7 Å². The Morgan fingerprint density at radius 1 is 1.12 bits per heavy atom. The number of nitrogens with one attached hydrogen (secondary N) is 1. The van der Waals surface area contributed by atoms with Gasteiger partial charge in [-0.05, 0) is 20.2 Å². The lowest BCUT2D eigenvalue weighted by Crippen LogP contribution is -2.12. The summed E-state index contributed by atoms with van der Waals surface area (Å²) in [5, 5.41) is 2.75. The van der Waals surface area contributed by atoms with Gasteiger partial charge in [-0.1, -0.05) is 18.2 Å². The molecule has 0 fully saturated rings. The molecule has 0 aliphatic rings. The Morgan fingerprint density at radius 3 is 2.42 bits per heavy atom. The van der Waals surface area contributed by atoms with Crippen molar-refractivity contribution < 1.29 is 17.6 Å². The first kappa shape index (κ1) is 17.8. The maximum Gasteiger partial charge on any atom is 0.451 e. The molecule has 5 nitrogen and oxygen atoms in total. The highest BCUT2D eigenvalue weighted by Crippen LogP contribution is 2.27. The van der Waals surface area contributed by atoms with Crippen molar-refractivity contribution in [1.29, 1.82) is 0 Å². The molecule has 0 spiro atoms. The number of alkyl halides is 3. The Labute approximate surface area is 135 Å². The van der Waals surface area contributed by atoms with E-state index in [0.29, 0.717) is 5.56 Å². The van der Waals surface area contributed by atoms with Crippen LogP contribution in [-0.2, 0) is 12.7 Å². The Bertz CT molecular complexity index is 813. The summed E-state index contributed by atoms with van der Waals surface area (Å²) < 4.78 is 52.8. The van der Waals surface area contributed by atoms with Crippen LogP contribution in [0, 0.1) is 5.82 Å². The molecule has 0 saturated carbocycles. The molecule has 128 valence electrons. The van der Waals surface area contributed by atoms with E-state index in [1.165, 1.54) is 23.0 Å². The van der Waals surface area contributed by atoms with Gasteiger partial charge in [-0.3, -0.25) is 0 Å². The summed E-state index contributed by atoms with van der Waals surface area (Å²) in [5.74, 6) is -1.69. The monoisotopic (exact) mass is 341 g/mol. The van der Waals surface area contributed by atoms with E-state index in [2.05, 4.69) is 20.3 Å². The van der Waals surface area contributed by atoms with Crippen molar-refractivity contribution in [3.8, 4) is 0 Å². The van der Waals surface area contributed by atoms with E-state index >= 15 is 0 Å². The molecule has 3 aromatic rings. The lowest BCUT2D eigenvalue weighted by Gasteiger charge is -2.07. The fraction of sp³-hybridized carbons (Fsp3) is 0.267. The second kappa shape index (κ2) is 7.35. The van der Waals surface area contributed by atoms with Gasteiger partial charge >= 0.3 is 6.18 Å². The van der Waals surface area contributed by atoms with Crippen molar-refractivity contribution >= 4 is 11.2 Å². The van der Waals surface area contributed by atoms with Crippen molar-refractivity contribution in [2.24, 2.45) is 0 Å². The van der Waals surface area contributed by atoms with Crippen LogP contribution in [0.2, 0.25) is 0 Å². The highest BCUT2D eigenvalue weighted by molar-refractivity contribution is 5.69. The van der Waals surface area contributed by atoms with Crippen LogP contribution in [0.1, 0.15) is 11.4 Å². The SMILES string of the molecule is CNC.Fc1ccccc1Cn1cnc2cnc(C(F)(F)F)nc21. The summed E-state index contributed by atoms with van der Waals surface area (Å²) in [5.41, 5.74) is 0.573. The molecule has 9 heteroatoms. The number of hydrogen-bond acceptors (Lipinski definition) is 4. The van der Waals surface area contributed by atoms with Gasteiger partial charge in [0.05, 0.1) is 19.1 Å². The summed E-state index contributed by atoms with van der Waals surface area (Å²) in [6.45, 7) is 0.0392. The molecule has 0 aliphatic carbocycles. The minimum atomic E-state index is -4.64. The second-order valence-electron chi connectivity index (χ2n) is 4.86. The van der Waals surface area contributed by atoms with Gasteiger partial charge < -0.3 is 9.88 Å². The quantitative estimate of drug-likeness (QED) is 0.728. The smallest absolute Gasteiger partial charge is 0.323 e. The van der Waals surface area contributed by atoms with E-state index in [1.807, 2.05) is 14.1 Å². The van der Waals surface area contributed by atoms with Crippen molar-refractivity contribution in [2.75, 3.05) is 14.1 Å². The zero-order valence-corrected chi connectivity index (χ0v) is 13.0. The molecule has 1 aromatic carbocycles. The van der Waals surface area contributed by atoms with Crippen molar-refractivity contribution in [1.82, 2.24) is 24.8 Å². The lowest BCUT2D eigenvalue weighted by molar-refractivity contribution is -0.144. The van der Waals surface area contributed by atoms with Gasteiger partial charge in [0.25, 0.3) is 0 Å². The number of benzene rings is 1. The second-order valence-corrected chi connectivity index (χ2v) is 4.86. The summed E-state index contributed by atoms with van der Waals surface area (Å²) in [4.78, 5) is 10.6. The summed E-state index contributed by atoms with van der Waals surface area (Å²) in [7, 11) is 3.75. The molecule has 0 radical (unpaired) electrons. The zero-order chi connectivity index (χ0) is 17.7. The minimum Gasteiger partial charge on any atom is -0.323 e. The average molecular weight is 341 g/mol. The van der Waals surface area contributed by atoms with E-state index in [9.17, 15) is 17.6 Å². The maximum absolute atomic E-state index is 13.6. The summed E-state index contributed by atoms with van der Waals surface area (Å²) in [6.07, 6.45) is -2.32. The highest BCUT2D eigenvalue weighted by atomic mass is 19.4. The van der Waals surface area contributed by atoms with E-state index in [0.717, 1.165) is 6.20 Å². The third-order valence-corrected chi connectivity index (χ3v) is 2.91. The molecular weight excluding hydrogens is 326 g/mol. The average Bonchev–Trinajstić information content (AvgIpc) is 2.92. The number of hydrogen-bond donors (Lipinski definition) is 1. The van der Waals surface area contributed by atoms with Gasteiger partial charge in [-0.15, -0.1) is 0 Å². The standard InChI is InChI=1S/C13H8F4N4.C2H7N/c14-9-4-2-1-3-8(9)6-21-7-19-10-5-18-12(13(15,16)17)20-11(10)21;1-3-2/h1-5,7H,6H2;3H,1-2H3. The van der Waals surface area contributed by atoms with Gasteiger partial charge in [0.2, 0.25) is 5.82 Å². The number of rotatable bonds is 2. The van der Waals surface area contributed by atoms with E-state index in [-0.39, 0.29) is 17.7 Å². The molecule has 24 heavy (non-hydrogen) atoms. The van der Waals surface area contributed by atoms with Crippen LogP contribution in [0.25, 0.3) is 11.2 Å². The summed E-state index contributed by atoms with van der Waals surface area (Å²) in [6, 6.07) is 6.01. The minimum absolute atomic E-state index is 0.0144. The van der Waals surface area contributed by atoms with Gasteiger partial charge in [0, 0.05) is 5.56 Å². The topological polar surface area (TPSA) is 55.6 Å². The van der Waals surface area contributed by atoms with E-state index in [1.54, 1.807) is 12.1 Å². The predicted molar refractivity (Wildman–Crippen MR) is 80.8 cm³/mol. The Hall–Kier alpha value is -2.55. The molecule has 3 rings (SSSR count). The fourth-order valence-electron chi connectivity index (χ4n) is 1.92. The Morgan fingerprint density at radius 2 is 1.79 bits per heavy atom. The molecule has 0 saturated heterocycles. The highest BCUT2D eigenvalue weighted by Gasteiger charge is 2.35. The van der Waals surface area contributed by atoms with Crippen LogP contribution < -0.4 is 5.32 Å². The van der Waals surface area contributed by atoms with Crippen molar-refractivity contribution in [3.05, 3.63) is 54.0 Å². The number of fused-ring (bicyclic) bond motifs is 1. The fourth-order valence-corrected chi connectivity index (χ4v) is 1.92. The molecule has 0 amide bonds. The van der Waals surface area contributed by atoms with Gasteiger partial charge in [-0.25, -0.2) is 19.3 Å². The largest absolute Gasteiger partial charge is 0.451 e. The maximum atomic E-state index is 13.6. The van der Waals surface area contributed by atoms with Crippen LogP contribution >= 0.6 is 0 Å². The molecule has 0 unspecified atom stereocenters. The molecule has 0 aliphatic heterocycles. The number of imidazole rings is 1. The first-order valence-corrected chi connectivity index (χ1v) is 6.93. The molecule has 0 bridgehead atoms. The van der Waals surface area contributed by atoms with Crippen LogP contribution in [0.3, 0.4) is 0 Å². The van der Waals surface area contributed by atoms with Gasteiger partial charge in [0.1, 0.15) is 11.3 Å². The predicted octanol–water partition coefficient (Wildman–Crippen LogP) is 2.87. The first-order chi connectivity index (χ1) is 11.4. The normalized spacial score (nSPS) is 11.2. The number of aromatic nitrogens is 4. The third-order valence-electron chi connectivity index (χ3n) is 2.91. The summed E-state index contributed by atoms with van der Waals surface area (Å²) >= 11 is 0. The van der Waals surface area contributed by atoms with Crippen LogP contribution in [0.15, 0.2) is 36.8 Å². The molecule has 2 heterocycles. The van der Waals surface area contributed by atoms with Gasteiger partial charge in [0.15, 0.2) is 5.65 Å². The number of halogens is 4. The van der Waals surface area contributed by atoms with Crippen molar-refractivity contribution in [3.63, 3.8) is 0 Å². The van der Waals surface area contributed by atoms with Crippen LogP contribution in [-0.4, -0.2) is 33.6 Å². The third kappa shape index (κ3) is 4.05. The Balaban J connectivity index is 0.000000647. The first-order valence-electron chi connectivity index (χ1n) is 6.93. The van der Waals surface area contributed by atoms with Gasteiger partial charge in [-0.2, -0.15) is 13.2 Å². The van der Waals surface area contributed by atoms with E-state index < -0.39 is 17.8 Å². The number of nitrogens with zero attached hydrogens (tertiary/aromatic N) is 4. The van der Waals surface area contributed by atoms with Crippen LogP contribution in [0.5, 0.6) is 0 Å². The van der Waals surface area contributed by atoms with E-state index in [4.69, 9.17) is 0 Å². The molecule has 2 aromatic heterocycles. The zero-order valence-electron chi connectivity index (χ0n) is 13.0. The molecule has 1 N–H and O–H groups in total. The Kier molecular flexibility index (Phi) is 5.45. The molecule has 0 atom stereocenters. The lowest BCUT2D eigenvalue weighted by atomic mass is 10.2. The molecular formula is C15H15F4N5.